The van der Waals surface area contributed by atoms with Gasteiger partial charge in [-0.3, -0.25) is 0 Å². The molecule has 0 bridgehead atoms. The van der Waals surface area contributed by atoms with E-state index in [2.05, 4.69) is 17.3 Å². The van der Waals surface area contributed by atoms with Gasteiger partial charge in [0.2, 0.25) is 0 Å². The molecule has 0 aromatic heterocycles. The van der Waals surface area contributed by atoms with Gasteiger partial charge in [-0.1, -0.05) is 0 Å². The zero-order chi connectivity index (χ0) is 12.2. The fourth-order valence-electron chi connectivity index (χ4n) is 0.373. The van der Waals surface area contributed by atoms with Crippen molar-refractivity contribution in [2.45, 2.75) is 6.92 Å². The van der Waals surface area contributed by atoms with E-state index < -0.39 is 13.9 Å². The van der Waals surface area contributed by atoms with Crippen molar-refractivity contribution in [3.8, 4) is 0 Å². The van der Waals surface area contributed by atoms with Gasteiger partial charge in [-0.05, 0) is 0 Å². The molecule has 84 valence electrons. The van der Waals surface area contributed by atoms with Crippen molar-refractivity contribution in [3.05, 3.63) is 0 Å². The molecule has 14 heteroatoms. The second kappa shape index (κ2) is 15.1. The summed E-state index contributed by atoms with van der Waals surface area (Å²) in [6.07, 6.45) is 2.69. The fraction of sp³-hybridized carbons (Fsp3) is 1.00. The second-order valence-corrected chi connectivity index (χ2v) is 27.8. The van der Waals surface area contributed by atoms with Crippen LogP contribution >= 0.6 is 91.6 Å². The third-order valence-corrected chi connectivity index (χ3v) is 33.1. The van der Waals surface area contributed by atoms with E-state index in [0.717, 1.165) is 6.16 Å². The molecule has 0 spiro atoms. The molecule has 0 saturated heterocycles. The Labute approximate surface area is 115 Å². The Hall–Kier alpha value is 3.72. The molecule has 0 amide bonds. The number of rotatable bonds is 4. The molecule has 0 aromatic carbocycles. The van der Waals surface area contributed by atoms with Crippen LogP contribution in [0.3, 0.4) is 0 Å². The molecule has 0 rings (SSSR count). The third kappa shape index (κ3) is 14.1. The first kappa shape index (κ1) is 19.7. The zero-order valence-electron chi connectivity index (χ0n) is 8.19. The fourth-order valence-corrected chi connectivity index (χ4v) is 39.3. The molecule has 0 aliphatic rings. The molecular formula is C2H7BOP12. The van der Waals surface area contributed by atoms with Gasteiger partial charge in [0.15, 0.2) is 0 Å². The van der Waals surface area contributed by atoms with Gasteiger partial charge < -0.3 is 0 Å². The average Bonchev–Trinajstić information content (AvgIpc) is 2.27. The topological polar surface area (TPSA) is 17.1 Å². The molecule has 3 atom stereocenters. The molecule has 0 saturated carbocycles. The van der Waals surface area contributed by atoms with Crippen molar-refractivity contribution in [1.82, 2.24) is 0 Å². The van der Waals surface area contributed by atoms with Gasteiger partial charge in [-0.25, -0.2) is 0 Å². The molecule has 0 fully saturated rings. The Morgan fingerprint density at radius 3 is 2.31 bits per heavy atom. The van der Waals surface area contributed by atoms with Crippen LogP contribution in [0.2, 0.25) is 0 Å². The summed E-state index contributed by atoms with van der Waals surface area (Å²) in [6.45, 7) is 1.53. The Balaban J connectivity index is 4.13. The van der Waals surface area contributed by atoms with E-state index in [0.29, 0.717) is 0 Å². The van der Waals surface area contributed by atoms with Gasteiger partial charge in [-0.15, -0.1) is 0 Å². The van der Waals surface area contributed by atoms with E-state index in [1.807, 2.05) is 13.3 Å². The van der Waals surface area contributed by atoms with E-state index >= 15 is 0 Å². The summed E-state index contributed by atoms with van der Waals surface area (Å²) >= 11 is 0. The minimum absolute atomic E-state index is 0.431. The van der Waals surface area contributed by atoms with E-state index in [1.165, 1.54) is 60.4 Å². The van der Waals surface area contributed by atoms with Crippen LogP contribution < -0.4 is 0 Å². The standard InChI is InChI=1S/C2H7BOP12/c1-2-15(4)3-16(6)14-13-12-11-10-9-8-7-5/h2,5H2,1H3. The van der Waals surface area contributed by atoms with E-state index in [-0.39, 0.29) is 0 Å². The predicted molar refractivity (Wildman–Crippen MR) is 103 cm³/mol. The molecule has 16 heavy (non-hydrogen) atoms. The first-order chi connectivity index (χ1) is 7.70. The Morgan fingerprint density at radius 1 is 1.19 bits per heavy atom. The summed E-state index contributed by atoms with van der Waals surface area (Å²) in [7, 11) is 17.6. The summed E-state index contributed by atoms with van der Waals surface area (Å²) in [5.74, 6) is 0. The van der Waals surface area contributed by atoms with Crippen molar-refractivity contribution in [2.24, 2.45) is 0 Å². The molecule has 0 aromatic rings. The van der Waals surface area contributed by atoms with Crippen LogP contribution in [-0.4, -0.2) is 12.5 Å². The van der Waals surface area contributed by atoms with Gasteiger partial charge in [0.1, 0.15) is 0 Å². The quantitative estimate of drug-likeness (QED) is 0.321. The van der Waals surface area contributed by atoms with Crippen LogP contribution in [0.5, 0.6) is 0 Å². The maximum absolute atomic E-state index is 11.3. The van der Waals surface area contributed by atoms with Crippen molar-refractivity contribution in [1.29, 1.82) is 0 Å². The van der Waals surface area contributed by atoms with Gasteiger partial charge in [0.25, 0.3) is 0 Å². The molecule has 1 nitrogen and oxygen atoms in total. The second-order valence-electron chi connectivity index (χ2n) is 1.91. The summed E-state index contributed by atoms with van der Waals surface area (Å²) in [5, 5.41) is 0. The molecule has 0 radical (unpaired) electrons. The zero-order valence-corrected chi connectivity index (χ0v) is 19.2. The normalized spacial score (nSPS) is 14.3. The summed E-state index contributed by atoms with van der Waals surface area (Å²) in [4.78, 5) is 0. The minimum atomic E-state index is -1.10. The monoisotopic (exact) mass is 430 g/mol. The van der Waals surface area contributed by atoms with Gasteiger partial charge in [-0.2, -0.15) is 0 Å². The van der Waals surface area contributed by atoms with Crippen molar-refractivity contribution < 1.29 is 4.57 Å². The molecule has 0 heterocycles. The van der Waals surface area contributed by atoms with E-state index in [9.17, 15) is 4.57 Å². The van der Waals surface area contributed by atoms with Crippen LogP contribution in [0.4, 0.5) is 0 Å². The first-order valence-corrected chi connectivity index (χ1v) is 22.3. The summed E-state index contributed by atoms with van der Waals surface area (Å²) in [6, 6.07) is 0. The number of hydrogen-bond donors (Lipinski definition) is 0. The molecule has 3 unspecified atom stereocenters. The van der Waals surface area contributed by atoms with Gasteiger partial charge in [0, 0.05) is 0 Å². The average molecular weight is 430 g/mol. The molecule has 0 aliphatic carbocycles. The van der Waals surface area contributed by atoms with Crippen LogP contribution in [0, 0.1) is 0 Å². The van der Waals surface area contributed by atoms with Gasteiger partial charge >= 0.3 is 116 Å². The van der Waals surface area contributed by atoms with Crippen molar-refractivity contribution in [2.75, 3.05) is 6.16 Å². The van der Waals surface area contributed by atoms with Crippen LogP contribution in [0.25, 0.3) is 0 Å². The summed E-state index contributed by atoms with van der Waals surface area (Å²) < 4.78 is 11.3. The van der Waals surface area contributed by atoms with E-state index in [4.69, 9.17) is 0 Å². The van der Waals surface area contributed by atoms with Crippen molar-refractivity contribution in [3.63, 3.8) is 0 Å². The third-order valence-electron chi connectivity index (χ3n) is 0.927. The Kier molecular flexibility index (Phi) is 18.6. The van der Waals surface area contributed by atoms with Gasteiger partial charge in [0.05, 0.1) is 0 Å². The Bertz CT molecular complexity index is 441. The SMILES string of the molecule is CCP(=O)=BP(#P)P=PP=PP=PP=PP. The maximum atomic E-state index is 11.3. The molecule has 0 aliphatic heterocycles. The molecular weight excluding hydrogens is 423 g/mol. The predicted octanol–water partition coefficient (Wildman–Crippen LogP) is 9.85. The Morgan fingerprint density at radius 2 is 1.75 bits per heavy atom. The summed E-state index contributed by atoms with van der Waals surface area (Å²) in [5.41, 5.74) is 0. The first-order valence-electron chi connectivity index (χ1n) is 3.78. The van der Waals surface area contributed by atoms with Crippen molar-refractivity contribution >= 4 is 97.9 Å². The van der Waals surface area contributed by atoms with Crippen LogP contribution in [-0.2, 0) is 4.57 Å². The number of hydrogen-bond acceptors (Lipinski definition) is 1. The van der Waals surface area contributed by atoms with E-state index in [1.54, 1.807) is 0 Å². The van der Waals surface area contributed by atoms with Crippen LogP contribution in [0.15, 0.2) is 0 Å². The van der Waals surface area contributed by atoms with Crippen LogP contribution in [0.1, 0.15) is 6.92 Å². The molecule has 0 N–H and O–H groups in total.